The Balaban J connectivity index is 1.30. The van der Waals surface area contributed by atoms with Gasteiger partial charge in [0, 0.05) is 30.9 Å². The lowest BCUT2D eigenvalue weighted by molar-refractivity contribution is 0.175. The summed E-state index contributed by atoms with van der Waals surface area (Å²) >= 11 is 6.35. The number of aromatic nitrogens is 4. The van der Waals surface area contributed by atoms with E-state index in [4.69, 9.17) is 11.6 Å². The minimum atomic E-state index is -2.89. The van der Waals surface area contributed by atoms with Crippen molar-refractivity contribution in [2.45, 2.75) is 43.3 Å². The highest BCUT2D eigenvalue weighted by molar-refractivity contribution is 7.91. The maximum Gasteiger partial charge on any atom is 0.229 e. The van der Waals surface area contributed by atoms with Gasteiger partial charge in [-0.05, 0) is 32.2 Å². The van der Waals surface area contributed by atoms with E-state index in [-0.39, 0.29) is 23.4 Å². The molecule has 1 spiro atoms. The largest absolute Gasteiger partial charge is 0.364 e. The van der Waals surface area contributed by atoms with Gasteiger partial charge in [0.2, 0.25) is 5.95 Å². The van der Waals surface area contributed by atoms with Crippen LogP contribution in [0.15, 0.2) is 18.6 Å². The molecule has 9 nitrogen and oxygen atoms in total. The molecule has 2 unspecified atom stereocenters. The highest BCUT2D eigenvalue weighted by Crippen LogP contribution is 2.53. The quantitative estimate of drug-likeness (QED) is 0.729. The van der Waals surface area contributed by atoms with Gasteiger partial charge in [-0.3, -0.25) is 9.58 Å². The number of halogens is 1. The van der Waals surface area contributed by atoms with Gasteiger partial charge in [0.1, 0.15) is 5.02 Å². The highest BCUT2D eigenvalue weighted by Gasteiger charge is 2.62. The fraction of sp³-hybridized carbons (Fsp3) is 0.611. The summed E-state index contributed by atoms with van der Waals surface area (Å²) in [6, 6.07) is 0.352. The van der Waals surface area contributed by atoms with Gasteiger partial charge >= 0.3 is 0 Å². The molecule has 0 amide bonds. The number of anilines is 3. The Hall–Kier alpha value is -1.91. The van der Waals surface area contributed by atoms with Crippen molar-refractivity contribution in [3.05, 3.63) is 23.6 Å². The minimum absolute atomic E-state index is 0.0236. The van der Waals surface area contributed by atoms with E-state index < -0.39 is 9.84 Å². The zero-order valence-corrected chi connectivity index (χ0v) is 17.7. The standard InChI is InChI=1S/C18H24ClN7O2S/c1-25-10-12(8-21-25)22-17-20-9-14(19)16(24-17)23-15-7-18(15)4-2-5-26(18)13-3-6-29(27,28)11-13/h8-10,13,15H,2-7,11H2,1H3,(H2,20,22,23,24)/t13?,15?,18-/m1/s1. The summed E-state index contributed by atoms with van der Waals surface area (Å²) in [5, 5.41) is 11.2. The van der Waals surface area contributed by atoms with Crippen LogP contribution in [0.4, 0.5) is 17.5 Å². The van der Waals surface area contributed by atoms with Crippen molar-refractivity contribution in [1.29, 1.82) is 0 Å². The van der Waals surface area contributed by atoms with Crippen molar-refractivity contribution in [2.75, 3.05) is 28.7 Å². The summed E-state index contributed by atoms with van der Waals surface area (Å²) in [5.41, 5.74) is 0.823. The third-order valence-corrected chi connectivity index (χ3v) is 8.32. The first-order valence-corrected chi connectivity index (χ1v) is 12.1. The van der Waals surface area contributed by atoms with E-state index in [1.54, 1.807) is 17.1 Å². The zero-order chi connectivity index (χ0) is 20.2. The summed E-state index contributed by atoms with van der Waals surface area (Å²) in [6.07, 6.45) is 9.02. The van der Waals surface area contributed by atoms with Gasteiger partial charge in [0.25, 0.3) is 0 Å². The number of nitrogens with zero attached hydrogens (tertiary/aromatic N) is 5. The predicted octanol–water partition coefficient (Wildman–Crippen LogP) is 1.81. The molecule has 0 aromatic carbocycles. The number of rotatable bonds is 5. The number of sulfone groups is 1. The second kappa shape index (κ2) is 6.82. The minimum Gasteiger partial charge on any atom is -0.364 e. The van der Waals surface area contributed by atoms with Crippen LogP contribution in [0.3, 0.4) is 0 Å². The molecule has 0 radical (unpaired) electrons. The average molecular weight is 438 g/mol. The molecule has 2 N–H and O–H groups in total. The molecule has 3 fully saturated rings. The lowest BCUT2D eigenvalue weighted by Gasteiger charge is -2.31. The van der Waals surface area contributed by atoms with Crippen molar-refractivity contribution in [3.63, 3.8) is 0 Å². The number of hydrogen-bond acceptors (Lipinski definition) is 8. The summed E-state index contributed by atoms with van der Waals surface area (Å²) in [7, 11) is -1.05. The molecule has 156 valence electrons. The van der Waals surface area contributed by atoms with Gasteiger partial charge in [0.15, 0.2) is 15.7 Å². The molecule has 29 heavy (non-hydrogen) atoms. The van der Waals surface area contributed by atoms with Crippen LogP contribution in [-0.2, 0) is 16.9 Å². The Morgan fingerprint density at radius 3 is 2.93 bits per heavy atom. The normalized spacial score (nSPS) is 30.7. The molecule has 3 atom stereocenters. The molecule has 4 heterocycles. The third kappa shape index (κ3) is 3.57. The van der Waals surface area contributed by atoms with Crippen molar-refractivity contribution in [1.82, 2.24) is 24.6 Å². The van der Waals surface area contributed by atoms with Crippen molar-refractivity contribution < 1.29 is 8.42 Å². The molecule has 2 aliphatic heterocycles. The van der Waals surface area contributed by atoms with E-state index in [1.165, 1.54) is 0 Å². The fourth-order valence-electron chi connectivity index (χ4n) is 4.87. The maximum atomic E-state index is 11.9. The summed E-state index contributed by atoms with van der Waals surface area (Å²) in [4.78, 5) is 11.2. The van der Waals surface area contributed by atoms with Gasteiger partial charge in [0.05, 0.1) is 29.6 Å². The molecule has 2 saturated heterocycles. The van der Waals surface area contributed by atoms with Gasteiger partial charge in [-0.15, -0.1) is 0 Å². The number of nitrogens with one attached hydrogen (secondary N) is 2. The van der Waals surface area contributed by atoms with Crippen molar-refractivity contribution in [2.24, 2.45) is 7.05 Å². The number of likely N-dealkylation sites (tertiary alicyclic amines) is 1. The molecular weight excluding hydrogens is 414 g/mol. The molecule has 1 saturated carbocycles. The predicted molar refractivity (Wildman–Crippen MR) is 111 cm³/mol. The SMILES string of the molecule is Cn1cc(Nc2ncc(Cl)c(NC3C[C@]34CCCN4C3CCS(=O)(=O)C3)n2)cn1. The Bertz CT molecular complexity index is 1040. The average Bonchev–Trinajstić information content (AvgIpc) is 2.98. The summed E-state index contributed by atoms with van der Waals surface area (Å²) < 4.78 is 25.6. The number of aryl methyl sites for hydroxylation is 1. The Labute approximate surface area is 174 Å². The van der Waals surface area contributed by atoms with E-state index >= 15 is 0 Å². The van der Waals surface area contributed by atoms with E-state index in [0.29, 0.717) is 22.5 Å². The molecular formula is C18H24ClN7O2S. The van der Waals surface area contributed by atoms with Crippen LogP contribution in [0.5, 0.6) is 0 Å². The Kier molecular flexibility index (Phi) is 4.48. The molecule has 5 rings (SSSR count). The van der Waals surface area contributed by atoms with Crippen LogP contribution in [0.2, 0.25) is 5.02 Å². The first kappa shape index (κ1) is 19.1. The summed E-state index contributed by atoms with van der Waals surface area (Å²) in [6.45, 7) is 0.962. The van der Waals surface area contributed by atoms with E-state index in [2.05, 4.69) is 30.6 Å². The Morgan fingerprint density at radius 1 is 1.34 bits per heavy atom. The molecule has 2 aromatic heterocycles. The molecule has 11 heteroatoms. The second-order valence-corrected chi connectivity index (χ2v) is 10.9. The van der Waals surface area contributed by atoms with Crippen LogP contribution < -0.4 is 10.6 Å². The van der Waals surface area contributed by atoms with Gasteiger partial charge in [-0.1, -0.05) is 11.6 Å². The van der Waals surface area contributed by atoms with Crippen LogP contribution in [0.1, 0.15) is 25.7 Å². The third-order valence-electron chi connectivity index (χ3n) is 6.29. The van der Waals surface area contributed by atoms with Gasteiger partial charge in [-0.2, -0.15) is 10.1 Å². The molecule has 0 bridgehead atoms. The van der Waals surface area contributed by atoms with E-state index in [9.17, 15) is 8.42 Å². The topological polar surface area (TPSA) is 105 Å². The fourth-order valence-corrected chi connectivity index (χ4v) is 6.75. The maximum absolute atomic E-state index is 11.9. The van der Waals surface area contributed by atoms with Crippen molar-refractivity contribution in [3.8, 4) is 0 Å². The Morgan fingerprint density at radius 2 is 2.21 bits per heavy atom. The van der Waals surface area contributed by atoms with Crippen LogP contribution in [0.25, 0.3) is 0 Å². The van der Waals surface area contributed by atoms with Crippen molar-refractivity contribution >= 4 is 38.9 Å². The monoisotopic (exact) mass is 437 g/mol. The van der Waals surface area contributed by atoms with Crippen LogP contribution in [-0.4, -0.2) is 68.7 Å². The van der Waals surface area contributed by atoms with E-state index in [0.717, 1.165) is 37.9 Å². The molecule has 1 aliphatic carbocycles. The zero-order valence-electron chi connectivity index (χ0n) is 16.2. The van der Waals surface area contributed by atoms with Crippen LogP contribution in [0, 0.1) is 0 Å². The van der Waals surface area contributed by atoms with E-state index in [1.807, 2.05) is 13.2 Å². The lowest BCUT2D eigenvalue weighted by Crippen LogP contribution is -2.44. The molecule has 3 aliphatic rings. The smallest absolute Gasteiger partial charge is 0.229 e. The molecule has 2 aromatic rings. The van der Waals surface area contributed by atoms with Gasteiger partial charge in [-0.25, -0.2) is 13.4 Å². The van der Waals surface area contributed by atoms with Gasteiger partial charge < -0.3 is 10.6 Å². The highest BCUT2D eigenvalue weighted by atomic mass is 35.5. The number of hydrogen-bond donors (Lipinski definition) is 2. The van der Waals surface area contributed by atoms with Crippen LogP contribution >= 0.6 is 11.6 Å². The first-order chi connectivity index (χ1) is 13.8. The lowest BCUT2D eigenvalue weighted by atomic mass is 10.1. The second-order valence-electron chi connectivity index (χ2n) is 8.28. The first-order valence-electron chi connectivity index (χ1n) is 9.87. The summed E-state index contributed by atoms with van der Waals surface area (Å²) in [5.74, 6) is 1.64.